The highest BCUT2D eigenvalue weighted by atomic mass is 32.1. The Morgan fingerprint density at radius 1 is 1.37 bits per heavy atom. The third kappa shape index (κ3) is 4.01. The van der Waals surface area contributed by atoms with Gasteiger partial charge in [0.1, 0.15) is 5.82 Å². The first-order valence-corrected chi connectivity index (χ1v) is 9.65. The second-order valence-electron chi connectivity index (χ2n) is 6.44. The molecule has 0 saturated carbocycles. The minimum absolute atomic E-state index is 0.0944. The Kier molecular flexibility index (Phi) is 6.11. The van der Waals surface area contributed by atoms with Gasteiger partial charge in [-0.15, -0.1) is 11.3 Å². The predicted molar refractivity (Wildman–Crippen MR) is 104 cm³/mol. The molecule has 1 unspecified atom stereocenters. The fraction of sp³-hybridized carbons (Fsp3) is 0.263. The zero-order valence-corrected chi connectivity index (χ0v) is 16.8. The van der Waals surface area contributed by atoms with Gasteiger partial charge in [0.15, 0.2) is 0 Å². The lowest BCUT2D eigenvalue weighted by Gasteiger charge is -2.35. The predicted octanol–water partition coefficient (Wildman–Crippen LogP) is 3.69. The molecule has 2 amide bonds. The number of allylic oxidation sites excluding steroid dienone is 1. The summed E-state index contributed by atoms with van der Waals surface area (Å²) in [6.45, 7) is 1.75. The van der Waals surface area contributed by atoms with Crippen molar-refractivity contribution in [2.45, 2.75) is 19.4 Å². The van der Waals surface area contributed by atoms with Gasteiger partial charge in [0.2, 0.25) is 5.82 Å². The molecule has 0 radical (unpaired) electrons. The molecule has 1 aromatic heterocycles. The van der Waals surface area contributed by atoms with Crippen LogP contribution >= 0.6 is 11.3 Å². The van der Waals surface area contributed by atoms with E-state index in [1.54, 1.807) is 0 Å². The number of carbonyl (C=O) groups is 2. The van der Waals surface area contributed by atoms with Crippen molar-refractivity contribution in [2.24, 2.45) is 0 Å². The van der Waals surface area contributed by atoms with Gasteiger partial charge in [-0.3, -0.25) is 15.0 Å². The first kappa shape index (κ1) is 21.4. The number of urea groups is 1. The van der Waals surface area contributed by atoms with Crippen LogP contribution in [0.1, 0.15) is 23.4 Å². The molecular weight excluding hydrogens is 420 g/mol. The summed E-state index contributed by atoms with van der Waals surface area (Å²) in [7, 11) is 1.12. The van der Waals surface area contributed by atoms with Gasteiger partial charge in [0.05, 0.1) is 23.6 Å². The summed E-state index contributed by atoms with van der Waals surface area (Å²) in [6, 6.07) is 2.82. The molecular formula is C19H17F2N3O5S. The number of hydrogen-bond acceptors (Lipinski definition) is 6. The number of benzene rings is 1. The molecule has 2 heterocycles. The van der Waals surface area contributed by atoms with Crippen molar-refractivity contribution in [1.29, 1.82) is 0 Å². The molecule has 30 heavy (non-hydrogen) atoms. The molecule has 158 valence electrons. The number of ether oxygens (including phenoxy) is 1. The Hall–Kier alpha value is -3.34. The van der Waals surface area contributed by atoms with E-state index < -0.39 is 45.9 Å². The van der Waals surface area contributed by atoms with Gasteiger partial charge < -0.3 is 10.1 Å². The lowest BCUT2D eigenvalue weighted by atomic mass is 9.94. The molecule has 8 nitrogen and oxygen atoms in total. The van der Waals surface area contributed by atoms with E-state index in [4.69, 9.17) is 4.74 Å². The van der Waals surface area contributed by atoms with E-state index in [2.05, 4.69) is 5.32 Å². The van der Waals surface area contributed by atoms with Crippen LogP contribution in [0.2, 0.25) is 0 Å². The quantitative estimate of drug-likeness (QED) is 0.422. The van der Waals surface area contributed by atoms with Crippen molar-refractivity contribution in [3.8, 4) is 0 Å². The molecule has 2 aromatic rings. The molecule has 1 atom stereocenters. The second kappa shape index (κ2) is 8.57. The molecule has 1 aliphatic heterocycles. The number of esters is 1. The molecule has 0 aliphatic carbocycles. The van der Waals surface area contributed by atoms with Crippen LogP contribution in [-0.4, -0.2) is 35.5 Å². The summed E-state index contributed by atoms with van der Waals surface area (Å²) in [6.07, 6.45) is 0.526. The summed E-state index contributed by atoms with van der Waals surface area (Å²) in [5.74, 6) is -3.34. The number of nitro groups is 1. The van der Waals surface area contributed by atoms with Gasteiger partial charge in [-0.25, -0.2) is 14.0 Å². The molecule has 11 heteroatoms. The van der Waals surface area contributed by atoms with Crippen molar-refractivity contribution in [3.05, 3.63) is 73.1 Å². The minimum Gasteiger partial charge on any atom is -0.466 e. The van der Waals surface area contributed by atoms with E-state index in [1.165, 1.54) is 23.2 Å². The van der Waals surface area contributed by atoms with Crippen LogP contribution < -0.4 is 5.32 Å². The fourth-order valence-electron chi connectivity index (χ4n) is 3.25. The van der Waals surface area contributed by atoms with Crippen molar-refractivity contribution in [1.82, 2.24) is 10.2 Å². The summed E-state index contributed by atoms with van der Waals surface area (Å²) in [5.41, 5.74) is -1.25. The topological polar surface area (TPSA) is 102 Å². The van der Waals surface area contributed by atoms with Crippen LogP contribution in [0.3, 0.4) is 0 Å². The zero-order chi connectivity index (χ0) is 22.0. The maximum Gasteiger partial charge on any atom is 0.337 e. The SMILES string of the molecule is COC(=O)C1=C(C)N(CCc2cccs2)C(=O)NC1c1cc([N+](=O)[O-])c(F)cc1F. The molecule has 1 aromatic carbocycles. The number of thiophene rings is 1. The summed E-state index contributed by atoms with van der Waals surface area (Å²) in [4.78, 5) is 37.6. The first-order valence-electron chi connectivity index (χ1n) is 8.77. The Labute approximate surface area is 173 Å². The van der Waals surface area contributed by atoms with E-state index in [1.807, 2.05) is 17.5 Å². The van der Waals surface area contributed by atoms with E-state index >= 15 is 0 Å². The fourth-order valence-corrected chi connectivity index (χ4v) is 3.95. The van der Waals surface area contributed by atoms with Crippen LogP contribution in [0.15, 0.2) is 40.9 Å². The van der Waals surface area contributed by atoms with Crippen molar-refractivity contribution in [3.63, 3.8) is 0 Å². The number of hydrogen-bond donors (Lipinski definition) is 1. The highest BCUT2D eigenvalue weighted by Crippen LogP contribution is 2.35. The largest absolute Gasteiger partial charge is 0.466 e. The number of nitro benzene ring substituents is 1. The first-order chi connectivity index (χ1) is 14.2. The Balaban J connectivity index is 2.05. The summed E-state index contributed by atoms with van der Waals surface area (Å²) >= 11 is 1.52. The molecule has 0 saturated heterocycles. The normalized spacial score (nSPS) is 16.5. The van der Waals surface area contributed by atoms with Gasteiger partial charge >= 0.3 is 17.7 Å². The smallest absolute Gasteiger partial charge is 0.337 e. The monoisotopic (exact) mass is 437 g/mol. The highest BCUT2D eigenvalue weighted by Gasteiger charge is 2.38. The maximum absolute atomic E-state index is 14.5. The van der Waals surface area contributed by atoms with Gasteiger partial charge in [-0.1, -0.05) is 6.07 Å². The van der Waals surface area contributed by atoms with E-state index in [0.29, 0.717) is 18.6 Å². The third-order valence-electron chi connectivity index (χ3n) is 4.74. The minimum atomic E-state index is -1.37. The van der Waals surface area contributed by atoms with Gasteiger partial charge in [-0.05, 0) is 24.8 Å². The average Bonchev–Trinajstić information content (AvgIpc) is 3.20. The number of nitrogens with zero attached hydrogens (tertiary/aromatic N) is 2. The second-order valence-corrected chi connectivity index (χ2v) is 7.47. The number of rotatable bonds is 6. The lowest BCUT2D eigenvalue weighted by Crippen LogP contribution is -2.48. The van der Waals surface area contributed by atoms with Crippen LogP contribution in [0.4, 0.5) is 19.3 Å². The Morgan fingerprint density at radius 2 is 2.10 bits per heavy atom. The third-order valence-corrected chi connectivity index (χ3v) is 5.67. The molecule has 1 aliphatic rings. The summed E-state index contributed by atoms with van der Waals surface area (Å²) in [5, 5.41) is 15.4. The zero-order valence-electron chi connectivity index (χ0n) is 16.0. The number of methoxy groups -OCH3 is 1. The van der Waals surface area contributed by atoms with E-state index in [0.717, 1.165) is 12.0 Å². The van der Waals surface area contributed by atoms with Crippen molar-refractivity contribution >= 4 is 29.0 Å². The van der Waals surface area contributed by atoms with Crippen molar-refractivity contribution in [2.75, 3.05) is 13.7 Å². The van der Waals surface area contributed by atoms with Crippen LogP contribution in [0.5, 0.6) is 0 Å². The van der Waals surface area contributed by atoms with Crippen LogP contribution in [-0.2, 0) is 16.0 Å². The van der Waals surface area contributed by atoms with Gasteiger partial charge in [0, 0.05) is 34.8 Å². The van der Waals surface area contributed by atoms with E-state index in [-0.39, 0.29) is 17.8 Å². The molecule has 0 spiro atoms. The Bertz CT molecular complexity index is 1040. The lowest BCUT2D eigenvalue weighted by molar-refractivity contribution is -0.387. The van der Waals surface area contributed by atoms with Gasteiger partial charge in [-0.2, -0.15) is 4.39 Å². The van der Waals surface area contributed by atoms with Gasteiger partial charge in [0.25, 0.3) is 0 Å². The Morgan fingerprint density at radius 3 is 2.70 bits per heavy atom. The van der Waals surface area contributed by atoms with Crippen LogP contribution in [0, 0.1) is 21.7 Å². The number of amides is 2. The number of carbonyl (C=O) groups excluding carboxylic acids is 2. The standard InChI is InChI=1S/C19H17F2N3O5S/c1-10-16(18(25)29-2)17(12-8-15(24(27)28)14(21)9-13(12)20)22-19(26)23(10)6-5-11-4-3-7-30-11/h3-4,7-9,17H,5-6H2,1-2H3,(H,22,26). The average molecular weight is 437 g/mol. The van der Waals surface area contributed by atoms with E-state index in [9.17, 15) is 28.5 Å². The maximum atomic E-state index is 14.5. The molecule has 3 rings (SSSR count). The number of nitrogens with one attached hydrogen (secondary N) is 1. The molecule has 0 fully saturated rings. The van der Waals surface area contributed by atoms with Crippen molar-refractivity contribution < 1.29 is 28.0 Å². The van der Waals surface area contributed by atoms with Crippen LogP contribution in [0.25, 0.3) is 0 Å². The molecule has 0 bridgehead atoms. The highest BCUT2D eigenvalue weighted by molar-refractivity contribution is 7.09. The number of halogens is 2. The summed E-state index contributed by atoms with van der Waals surface area (Å²) < 4.78 is 33.0. The molecule has 1 N–H and O–H groups in total.